The van der Waals surface area contributed by atoms with E-state index in [0.717, 1.165) is 0 Å². The first-order valence-corrected chi connectivity index (χ1v) is 9.36. The van der Waals surface area contributed by atoms with Crippen LogP contribution < -0.4 is 0 Å². The Morgan fingerprint density at radius 1 is 0.667 bits per heavy atom. The van der Waals surface area contributed by atoms with Gasteiger partial charge in [-0.25, -0.2) is 0 Å². The second-order valence-corrected chi connectivity index (χ2v) is 6.88. The number of nitro groups is 1. The molecule has 1 aliphatic carbocycles. The van der Waals surface area contributed by atoms with Gasteiger partial charge in [0.1, 0.15) is 0 Å². The number of para-hydroxylation sites is 1. The summed E-state index contributed by atoms with van der Waals surface area (Å²) < 4.78 is 0. The Hall–Kier alpha value is -3.20. The van der Waals surface area contributed by atoms with Gasteiger partial charge in [0.25, 0.3) is 5.69 Å². The third-order valence-electron chi connectivity index (χ3n) is 5.22. The molecule has 3 nitrogen and oxygen atoms in total. The molecule has 27 heavy (non-hydrogen) atoms. The van der Waals surface area contributed by atoms with Gasteiger partial charge in [-0.3, -0.25) is 10.1 Å². The minimum absolute atomic E-state index is 0.137. The van der Waals surface area contributed by atoms with Crippen molar-refractivity contribution in [2.24, 2.45) is 0 Å². The van der Waals surface area contributed by atoms with Crippen LogP contribution >= 0.6 is 0 Å². The van der Waals surface area contributed by atoms with E-state index >= 15 is 0 Å². The standard InChI is InChI=1S/C18H16.C6H5NO2/c1-3-7-15-13(5-1)9-11-18-16-8-4-2-6-14(16)10-12-17(15)18;8-7(9)6-4-2-1-3-5-6/h1,3,5,7,9-12H,2,4,6,8H2;1-5H. The Labute approximate surface area is 158 Å². The van der Waals surface area contributed by atoms with E-state index in [1.807, 2.05) is 0 Å². The molecule has 0 atom stereocenters. The van der Waals surface area contributed by atoms with Crippen molar-refractivity contribution in [3.05, 3.63) is 100 Å². The number of fused-ring (bicyclic) bond motifs is 5. The molecule has 4 aromatic rings. The molecule has 0 saturated carbocycles. The Balaban J connectivity index is 0.000000170. The topological polar surface area (TPSA) is 43.1 Å². The number of aryl methyl sites for hydroxylation is 2. The highest BCUT2D eigenvalue weighted by atomic mass is 16.6. The van der Waals surface area contributed by atoms with E-state index in [0.29, 0.717) is 0 Å². The van der Waals surface area contributed by atoms with Crippen molar-refractivity contribution < 1.29 is 4.92 Å². The molecule has 0 spiro atoms. The molecule has 0 unspecified atom stereocenters. The Morgan fingerprint density at radius 2 is 1.37 bits per heavy atom. The van der Waals surface area contributed by atoms with E-state index in [1.54, 1.807) is 29.3 Å². The minimum atomic E-state index is -0.417. The first-order chi connectivity index (χ1) is 13.2. The molecule has 0 aromatic heterocycles. The summed E-state index contributed by atoms with van der Waals surface area (Å²) in [4.78, 5) is 9.59. The van der Waals surface area contributed by atoms with Gasteiger partial charge in [0.05, 0.1) is 4.92 Å². The predicted molar refractivity (Wildman–Crippen MR) is 111 cm³/mol. The molecule has 0 saturated heterocycles. The van der Waals surface area contributed by atoms with Crippen LogP contribution in [0.3, 0.4) is 0 Å². The lowest BCUT2D eigenvalue weighted by Gasteiger charge is -2.18. The molecular weight excluding hydrogens is 334 g/mol. The molecule has 0 heterocycles. The van der Waals surface area contributed by atoms with Gasteiger partial charge in [-0.15, -0.1) is 0 Å². The van der Waals surface area contributed by atoms with Crippen molar-refractivity contribution in [1.29, 1.82) is 0 Å². The van der Waals surface area contributed by atoms with E-state index in [9.17, 15) is 10.1 Å². The van der Waals surface area contributed by atoms with Gasteiger partial charge in [-0.05, 0) is 58.4 Å². The zero-order chi connectivity index (χ0) is 18.6. The summed E-state index contributed by atoms with van der Waals surface area (Å²) in [5.74, 6) is 0. The maximum absolute atomic E-state index is 10.0. The molecule has 0 radical (unpaired) electrons. The largest absolute Gasteiger partial charge is 0.269 e. The maximum atomic E-state index is 10.0. The SMILES string of the molecule is O=[N+]([O-])c1ccccc1.c1ccc2c(c1)ccc1c3c(ccc12)CCCC3. The summed E-state index contributed by atoms with van der Waals surface area (Å²) in [6.07, 6.45) is 5.22. The summed E-state index contributed by atoms with van der Waals surface area (Å²) in [7, 11) is 0. The Morgan fingerprint density at radius 3 is 2.15 bits per heavy atom. The van der Waals surface area contributed by atoms with Gasteiger partial charge in [0, 0.05) is 12.1 Å². The summed E-state index contributed by atoms with van der Waals surface area (Å²) in [6.45, 7) is 0. The van der Waals surface area contributed by atoms with E-state index in [1.165, 1.54) is 59.4 Å². The van der Waals surface area contributed by atoms with Crippen molar-refractivity contribution in [2.75, 3.05) is 0 Å². The molecule has 1 aliphatic rings. The predicted octanol–water partition coefficient (Wildman–Crippen LogP) is 6.47. The quantitative estimate of drug-likeness (QED) is 0.223. The normalized spacial score (nSPS) is 12.9. The Kier molecular flexibility index (Phi) is 4.84. The van der Waals surface area contributed by atoms with Gasteiger partial charge in [0.2, 0.25) is 0 Å². The van der Waals surface area contributed by atoms with Gasteiger partial charge in [-0.2, -0.15) is 0 Å². The fourth-order valence-corrected chi connectivity index (χ4v) is 3.89. The highest BCUT2D eigenvalue weighted by molar-refractivity contribution is 6.08. The maximum Gasteiger partial charge on any atom is 0.269 e. The molecule has 0 N–H and O–H groups in total. The molecule has 4 aromatic carbocycles. The van der Waals surface area contributed by atoms with Crippen LogP contribution in [0.1, 0.15) is 24.0 Å². The lowest BCUT2D eigenvalue weighted by atomic mass is 9.86. The van der Waals surface area contributed by atoms with Gasteiger partial charge in [-0.1, -0.05) is 66.7 Å². The van der Waals surface area contributed by atoms with Gasteiger partial charge in [0.15, 0.2) is 0 Å². The van der Waals surface area contributed by atoms with Crippen molar-refractivity contribution >= 4 is 27.2 Å². The molecule has 0 amide bonds. The minimum Gasteiger partial charge on any atom is -0.258 e. The van der Waals surface area contributed by atoms with Crippen LogP contribution in [0.25, 0.3) is 21.5 Å². The third kappa shape index (κ3) is 3.54. The van der Waals surface area contributed by atoms with Gasteiger partial charge < -0.3 is 0 Å². The van der Waals surface area contributed by atoms with E-state index < -0.39 is 4.92 Å². The zero-order valence-corrected chi connectivity index (χ0v) is 15.1. The number of hydrogen-bond acceptors (Lipinski definition) is 2. The average molecular weight is 355 g/mol. The van der Waals surface area contributed by atoms with E-state index in [-0.39, 0.29) is 5.69 Å². The van der Waals surface area contributed by atoms with Gasteiger partial charge >= 0.3 is 0 Å². The fraction of sp³-hybridized carbons (Fsp3) is 0.167. The van der Waals surface area contributed by atoms with E-state index in [2.05, 4.69) is 48.5 Å². The monoisotopic (exact) mass is 355 g/mol. The summed E-state index contributed by atoms with van der Waals surface area (Å²) in [6, 6.07) is 25.9. The first kappa shape index (κ1) is 17.2. The van der Waals surface area contributed by atoms with Crippen molar-refractivity contribution in [3.8, 4) is 0 Å². The molecular formula is C24H21NO2. The van der Waals surface area contributed by atoms with Crippen molar-refractivity contribution in [3.63, 3.8) is 0 Å². The number of nitro benzene ring substituents is 1. The number of benzene rings is 4. The molecule has 0 bridgehead atoms. The van der Waals surface area contributed by atoms with E-state index in [4.69, 9.17) is 0 Å². The number of rotatable bonds is 1. The summed E-state index contributed by atoms with van der Waals surface area (Å²) in [5, 5.41) is 15.6. The highest BCUT2D eigenvalue weighted by Gasteiger charge is 2.13. The zero-order valence-electron chi connectivity index (χ0n) is 15.1. The number of non-ortho nitro benzene ring substituents is 1. The first-order valence-electron chi connectivity index (χ1n) is 9.36. The van der Waals surface area contributed by atoms with Crippen LogP contribution in [-0.2, 0) is 12.8 Å². The van der Waals surface area contributed by atoms with Crippen LogP contribution in [0.2, 0.25) is 0 Å². The molecule has 134 valence electrons. The lowest BCUT2D eigenvalue weighted by molar-refractivity contribution is -0.384. The number of hydrogen-bond donors (Lipinski definition) is 0. The smallest absolute Gasteiger partial charge is 0.258 e. The van der Waals surface area contributed by atoms with Crippen molar-refractivity contribution in [2.45, 2.75) is 25.7 Å². The highest BCUT2D eigenvalue weighted by Crippen LogP contribution is 2.33. The van der Waals surface area contributed by atoms with Crippen LogP contribution in [0.15, 0.2) is 78.9 Å². The summed E-state index contributed by atoms with van der Waals surface area (Å²) >= 11 is 0. The summed E-state index contributed by atoms with van der Waals surface area (Å²) in [5.41, 5.74) is 3.31. The Bertz CT molecular complexity index is 1100. The number of nitrogens with zero attached hydrogens (tertiary/aromatic N) is 1. The average Bonchev–Trinajstić information content (AvgIpc) is 2.74. The second kappa shape index (κ2) is 7.58. The van der Waals surface area contributed by atoms with Crippen LogP contribution in [0.5, 0.6) is 0 Å². The molecule has 5 rings (SSSR count). The molecule has 3 heteroatoms. The molecule has 0 fully saturated rings. The van der Waals surface area contributed by atoms with Crippen molar-refractivity contribution in [1.82, 2.24) is 0 Å². The fourth-order valence-electron chi connectivity index (χ4n) is 3.89. The molecule has 0 aliphatic heterocycles. The lowest BCUT2D eigenvalue weighted by Crippen LogP contribution is -2.02. The van der Waals surface area contributed by atoms with Crippen LogP contribution in [0.4, 0.5) is 5.69 Å². The van der Waals surface area contributed by atoms with Crippen LogP contribution in [0, 0.1) is 10.1 Å². The second-order valence-electron chi connectivity index (χ2n) is 6.88. The van der Waals surface area contributed by atoms with Crippen LogP contribution in [-0.4, -0.2) is 4.92 Å². The third-order valence-corrected chi connectivity index (χ3v) is 5.22.